The third kappa shape index (κ3) is 4.93. The number of ketones is 1. The number of Topliss-reactive ketones (excluding diaryl/α,β-unsaturated/α-hetero) is 1. The molecule has 1 N–H and O–H groups in total. The highest BCUT2D eigenvalue weighted by Crippen LogP contribution is 2.11. The van der Waals surface area contributed by atoms with Crippen molar-refractivity contribution in [2.45, 2.75) is 33.6 Å². The molecule has 0 saturated carbocycles. The minimum Gasteiger partial charge on any atom is -0.465 e. The third-order valence-electron chi connectivity index (χ3n) is 2.12. The summed E-state index contributed by atoms with van der Waals surface area (Å²) < 4.78 is 4.82. The van der Waals surface area contributed by atoms with Gasteiger partial charge >= 0.3 is 5.97 Å². The van der Waals surface area contributed by atoms with E-state index in [1.807, 2.05) is 13.8 Å². The van der Waals surface area contributed by atoms with E-state index in [0.717, 1.165) is 6.54 Å². The monoisotopic (exact) mass is 215 g/mol. The zero-order valence-corrected chi connectivity index (χ0v) is 9.84. The summed E-state index contributed by atoms with van der Waals surface area (Å²) in [7, 11) is 0. The van der Waals surface area contributed by atoms with Crippen LogP contribution in [0.1, 0.15) is 33.6 Å². The summed E-state index contributed by atoms with van der Waals surface area (Å²) >= 11 is 0. The van der Waals surface area contributed by atoms with Crippen LogP contribution in [0.5, 0.6) is 0 Å². The van der Waals surface area contributed by atoms with Gasteiger partial charge in [0.1, 0.15) is 11.7 Å². The Morgan fingerprint density at radius 2 is 2.13 bits per heavy atom. The van der Waals surface area contributed by atoms with Crippen molar-refractivity contribution in [1.82, 2.24) is 5.32 Å². The number of carbonyl (C=O) groups is 2. The summed E-state index contributed by atoms with van der Waals surface area (Å²) in [5.41, 5.74) is 0. The predicted molar refractivity (Wildman–Crippen MR) is 58.6 cm³/mol. The lowest BCUT2D eigenvalue weighted by Crippen LogP contribution is -2.25. The Labute approximate surface area is 91.4 Å². The van der Waals surface area contributed by atoms with Crippen LogP contribution in [-0.4, -0.2) is 31.4 Å². The summed E-state index contributed by atoms with van der Waals surface area (Å²) in [5.74, 6) is -0.894. The molecular weight excluding hydrogens is 194 g/mol. The highest BCUT2D eigenvalue weighted by atomic mass is 16.5. The molecule has 0 aromatic carbocycles. The van der Waals surface area contributed by atoms with Gasteiger partial charge in [0, 0.05) is 13.0 Å². The average Bonchev–Trinajstić information content (AvgIpc) is 2.46. The Hall–Kier alpha value is -0.900. The van der Waals surface area contributed by atoms with Gasteiger partial charge in [-0.3, -0.25) is 9.59 Å². The molecule has 1 unspecified atom stereocenters. The second-order valence-corrected chi connectivity index (χ2v) is 3.06. The van der Waals surface area contributed by atoms with E-state index in [2.05, 4.69) is 5.32 Å². The molecule has 1 saturated heterocycles. The summed E-state index contributed by atoms with van der Waals surface area (Å²) in [6.45, 7) is 7.48. The van der Waals surface area contributed by atoms with E-state index in [1.165, 1.54) is 0 Å². The molecule has 1 aliphatic rings. The standard InChI is InChI=1S/C9H15NO3.C2H6/c1-2-13-9(12)7-3-5-10-6-4-8(7)11;1-2/h7,10H,2-6H2,1H3;1-2H3. The number of esters is 1. The summed E-state index contributed by atoms with van der Waals surface area (Å²) in [5, 5.41) is 3.08. The molecule has 15 heavy (non-hydrogen) atoms. The maximum atomic E-state index is 11.4. The molecule has 0 bridgehead atoms. The van der Waals surface area contributed by atoms with Crippen LogP contribution in [0.25, 0.3) is 0 Å². The first-order chi connectivity index (χ1) is 7.25. The van der Waals surface area contributed by atoms with E-state index in [0.29, 0.717) is 26.0 Å². The lowest BCUT2D eigenvalue weighted by molar-refractivity contribution is -0.151. The number of carbonyl (C=O) groups excluding carboxylic acids is 2. The van der Waals surface area contributed by atoms with Crippen LogP contribution < -0.4 is 5.32 Å². The first kappa shape index (κ1) is 14.1. The van der Waals surface area contributed by atoms with Crippen molar-refractivity contribution >= 4 is 11.8 Å². The van der Waals surface area contributed by atoms with Crippen molar-refractivity contribution in [3.63, 3.8) is 0 Å². The fourth-order valence-corrected chi connectivity index (χ4v) is 1.41. The maximum Gasteiger partial charge on any atom is 0.316 e. The van der Waals surface area contributed by atoms with Crippen molar-refractivity contribution in [3.8, 4) is 0 Å². The molecule has 0 spiro atoms. The SMILES string of the molecule is CC.CCOC(=O)C1CCNCCC1=O. The van der Waals surface area contributed by atoms with Gasteiger partial charge in [0.2, 0.25) is 0 Å². The Balaban J connectivity index is 0.000000921. The Morgan fingerprint density at radius 3 is 2.73 bits per heavy atom. The van der Waals surface area contributed by atoms with E-state index in [-0.39, 0.29) is 11.8 Å². The lowest BCUT2D eigenvalue weighted by Gasteiger charge is -2.10. The van der Waals surface area contributed by atoms with Crippen LogP contribution in [0.4, 0.5) is 0 Å². The smallest absolute Gasteiger partial charge is 0.316 e. The first-order valence-electron chi connectivity index (χ1n) is 5.65. The van der Waals surface area contributed by atoms with Gasteiger partial charge in [-0.2, -0.15) is 0 Å². The van der Waals surface area contributed by atoms with Gasteiger partial charge in [-0.05, 0) is 19.9 Å². The summed E-state index contributed by atoms with van der Waals surface area (Å²) in [6, 6.07) is 0. The fourth-order valence-electron chi connectivity index (χ4n) is 1.41. The van der Waals surface area contributed by atoms with Gasteiger partial charge in [-0.15, -0.1) is 0 Å². The van der Waals surface area contributed by atoms with E-state index < -0.39 is 5.92 Å². The predicted octanol–water partition coefficient (Wildman–Crippen LogP) is 1.14. The van der Waals surface area contributed by atoms with E-state index in [1.54, 1.807) is 6.92 Å². The highest BCUT2D eigenvalue weighted by molar-refractivity contribution is 5.99. The van der Waals surface area contributed by atoms with Crippen LogP contribution in [0, 0.1) is 5.92 Å². The van der Waals surface area contributed by atoms with Gasteiger partial charge in [-0.25, -0.2) is 0 Å². The average molecular weight is 215 g/mol. The normalized spacial score (nSPS) is 21.0. The van der Waals surface area contributed by atoms with Crippen LogP contribution in [0.3, 0.4) is 0 Å². The van der Waals surface area contributed by atoms with Gasteiger partial charge in [0.05, 0.1) is 6.61 Å². The van der Waals surface area contributed by atoms with E-state index >= 15 is 0 Å². The topological polar surface area (TPSA) is 55.4 Å². The third-order valence-corrected chi connectivity index (χ3v) is 2.12. The van der Waals surface area contributed by atoms with Gasteiger partial charge in [0.25, 0.3) is 0 Å². The van der Waals surface area contributed by atoms with Crippen molar-refractivity contribution in [3.05, 3.63) is 0 Å². The van der Waals surface area contributed by atoms with Crippen molar-refractivity contribution in [2.75, 3.05) is 19.7 Å². The molecule has 0 radical (unpaired) electrons. The summed E-state index contributed by atoms with van der Waals surface area (Å²) in [4.78, 5) is 22.7. The molecule has 1 fully saturated rings. The highest BCUT2D eigenvalue weighted by Gasteiger charge is 2.28. The second-order valence-electron chi connectivity index (χ2n) is 3.06. The van der Waals surface area contributed by atoms with Crippen LogP contribution in [0.2, 0.25) is 0 Å². The number of ether oxygens (including phenoxy) is 1. The molecule has 4 nitrogen and oxygen atoms in total. The van der Waals surface area contributed by atoms with Crippen LogP contribution >= 0.6 is 0 Å². The summed E-state index contributed by atoms with van der Waals surface area (Å²) in [6.07, 6.45) is 1.00. The van der Waals surface area contributed by atoms with Gasteiger partial charge < -0.3 is 10.1 Å². The maximum absolute atomic E-state index is 11.4. The van der Waals surface area contributed by atoms with Crippen LogP contribution in [-0.2, 0) is 14.3 Å². The Morgan fingerprint density at radius 1 is 1.47 bits per heavy atom. The molecular formula is C11H21NO3. The zero-order chi connectivity index (χ0) is 11.7. The van der Waals surface area contributed by atoms with Crippen LogP contribution in [0.15, 0.2) is 0 Å². The molecule has 0 amide bonds. The largest absolute Gasteiger partial charge is 0.465 e. The minimum absolute atomic E-state index is 0.00319. The van der Waals surface area contributed by atoms with Gasteiger partial charge in [-0.1, -0.05) is 13.8 Å². The minimum atomic E-state index is -0.532. The molecule has 1 aliphatic heterocycles. The fraction of sp³-hybridized carbons (Fsp3) is 0.818. The number of hydrogen-bond acceptors (Lipinski definition) is 4. The Bertz CT molecular complexity index is 204. The lowest BCUT2D eigenvalue weighted by atomic mass is 10.00. The molecule has 1 atom stereocenters. The van der Waals surface area contributed by atoms with E-state index in [9.17, 15) is 9.59 Å². The Kier molecular flexibility index (Phi) is 7.91. The number of nitrogens with one attached hydrogen (secondary N) is 1. The molecule has 0 aromatic heterocycles. The number of rotatable bonds is 2. The first-order valence-corrected chi connectivity index (χ1v) is 5.65. The quantitative estimate of drug-likeness (QED) is 0.554. The second kappa shape index (κ2) is 8.41. The van der Waals surface area contributed by atoms with E-state index in [4.69, 9.17) is 4.74 Å². The number of hydrogen-bond donors (Lipinski definition) is 1. The molecule has 0 aromatic rings. The van der Waals surface area contributed by atoms with Crippen molar-refractivity contribution in [2.24, 2.45) is 5.92 Å². The molecule has 1 rings (SSSR count). The molecule has 0 aliphatic carbocycles. The van der Waals surface area contributed by atoms with Crippen molar-refractivity contribution < 1.29 is 14.3 Å². The molecule has 4 heteroatoms. The van der Waals surface area contributed by atoms with Gasteiger partial charge in [0.15, 0.2) is 0 Å². The molecule has 88 valence electrons. The zero-order valence-electron chi connectivity index (χ0n) is 9.84. The molecule has 1 heterocycles. The van der Waals surface area contributed by atoms with Crippen molar-refractivity contribution in [1.29, 1.82) is 0 Å².